The number of benzene rings is 1. The quantitative estimate of drug-likeness (QED) is 0.884. The highest BCUT2D eigenvalue weighted by Crippen LogP contribution is 2.22. The Kier molecular flexibility index (Phi) is 5.68. The number of likely N-dealkylation sites (tertiary alicyclic amines) is 1. The topological polar surface area (TPSA) is 15.3 Å². The van der Waals surface area contributed by atoms with Gasteiger partial charge in [0.05, 0.1) is 0 Å². The van der Waals surface area contributed by atoms with Gasteiger partial charge in [-0.1, -0.05) is 30.7 Å². The van der Waals surface area contributed by atoms with Gasteiger partial charge in [-0.25, -0.2) is 0 Å². The molecule has 1 aliphatic rings. The highest BCUT2D eigenvalue weighted by molar-refractivity contribution is 6.30. The second kappa shape index (κ2) is 7.28. The van der Waals surface area contributed by atoms with Crippen LogP contribution in [0.1, 0.15) is 37.8 Å². The Morgan fingerprint density at radius 1 is 1.37 bits per heavy atom. The standard InChI is InChI=1S/C16H25ClN2/c1-13-6-9-19(10-7-13)11-8-16(18-2)14-4-3-5-15(17)12-14/h3-5,12-13,16,18H,6-11H2,1-2H3. The van der Waals surface area contributed by atoms with E-state index in [2.05, 4.69) is 29.3 Å². The SMILES string of the molecule is CNC(CCN1CCC(C)CC1)c1cccc(Cl)c1. The third-order valence-corrected chi connectivity index (χ3v) is 4.44. The van der Waals surface area contributed by atoms with Gasteiger partial charge in [0.2, 0.25) is 0 Å². The monoisotopic (exact) mass is 280 g/mol. The van der Waals surface area contributed by atoms with Crippen LogP contribution in [-0.4, -0.2) is 31.6 Å². The number of piperidine rings is 1. The molecule has 1 aliphatic heterocycles. The second-order valence-corrected chi connectivity index (χ2v) is 6.15. The Labute approximate surface area is 122 Å². The summed E-state index contributed by atoms with van der Waals surface area (Å²) < 4.78 is 0. The van der Waals surface area contributed by atoms with Gasteiger partial charge in [-0.15, -0.1) is 0 Å². The van der Waals surface area contributed by atoms with Gasteiger partial charge in [0.25, 0.3) is 0 Å². The van der Waals surface area contributed by atoms with Crippen molar-refractivity contribution in [1.82, 2.24) is 10.2 Å². The summed E-state index contributed by atoms with van der Waals surface area (Å²) in [5.74, 6) is 0.907. The Bertz CT molecular complexity index is 386. The van der Waals surface area contributed by atoms with E-state index < -0.39 is 0 Å². The van der Waals surface area contributed by atoms with Crippen molar-refractivity contribution in [1.29, 1.82) is 0 Å². The van der Waals surface area contributed by atoms with Crippen LogP contribution in [0.2, 0.25) is 5.02 Å². The molecule has 106 valence electrons. The van der Waals surface area contributed by atoms with Crippen LogP contribution in [0.25, 0.3) is 0 Å². The summed E-state index contributed by atoms with van der Waals surface area (Å²) in [4.78, 5) is 2.59. The zero-order valence-corrected chi connectivity index (χ0v) is 12.8. The molecular weight excluding hydrogens is 256 g/mol. The minimum absolute atomic E-state index is 0.401. The van der Waals surface area contributed by atoms with E-state index in [0.29, 0.717) is 6.04 Å². The van der Waals surface area contributed by atoms with Crippen molar-refractivity contribution in [2.24, 2.45) is 5.92 Å². The van der Waals surface area contributed by atoms with Gasteiger partial charge in [0.15, 0.2) is 0 Å². The van der Waals surface area contributed by atoms with Crippen LogP contribution in [0.3, 0.4) is 0 Å². The minimum atomic E-state index is 0.401. The molecule has 1 heterocycles. The maximum atomic E-state index is 6.07. The lowest BCUT2D eigenvalue weighted by Crippen LogP contribution is -2.35. The largest absolute Gasteiger partial charge is 0.313 e. The highest BCUT2D eigenvalue weighted by Gasteiger charge is 2.17. The van der Waals surface area contributed by atoms with Crippen molar-refractivity contribution < 1.29 is 0 Å². The fraction of sp³-hybridized carbons (Fsp3) is 0.625. The average Bonchev–Trinajstić information content (AvgIpc) is 2.42. The molecule has 2 nitrogen and oxygen atoms in total. The molecule has 0 aromatic heterocycles. The lowest BCUT2D eigenvalue weighted by atomic mass is 9.98. The summed E-state index contributed by atoms with van der Waals surface area (Å²) >= 11 is 6.07. The molecule has 1 saturated heterocycles. The third kappa shape index (κ3) is 4.48. The highest BCUT2D eigenvalue weighted by atomic mass is 35.5. The van der Waals surface area contributed by atoms with Gasteiger partial charge < -0.3 is 10.2 Å². The van der Waals surface area contributed by atoms with E-state index >= 15 is 0 Å². The molecular formula is C16H25ClN2. The zero-order chi connectivity index (χ0) is 13.7. The molecule has 0 radical (unpaired) electrons. The summed E-state index contributed by atoms with van der Waals surface area (Å²) in [6.45, 7) is 6.05. The number of nitrogens with one attached hydrogen (secondary N) is 1. The first-order chi connectivity index (χ1) is 9.19. The van der Waals surface area contributed by atoms with Gasteiger partial charge in [-0.3, -0.25) is 0 Å². The molecule has 1 unspecified atom stereocenters. The first-order valence-corrected chi connectivity index (χ1v) is 7.72. The van der Waals surface area contributed by atoms with Gasteiger partial charge >= 0.3 is 0 Å². The minimum Gasteiger partial charge on any atom is -0.313 e. The van der Waals surface area contributed by atoms with Gasteiger partial charge in [-0.05, 0) is 69.6 Å². The molecule has 1 N–H and O–H groups in total. The zero-order valence-electron chi connectivity index (χ0n) is 12.0. The summed E-state index contributed by atoms with van der Waals surface area (Å²) in [7, 11) is 2.03. The summed E-state index contributed by atoms with van der Waals surface area (Å²) in [5.41, 5.74) is 1.29. The Hall–Kier alpha value is -0.570. The second-order valence-electron chi connectivity index (χ2n) is 5.71. The molecule has 0 saturated carbocycles. The van der Waals surface area contributed by atoms with E-state index in [-0.39, 0.29) is 0 Å². The van der Waals surface area contributed by atoms with Crippen LogP contribution in [-0.2, 0) is 0 Å². The molecule has 2 rings (SSSR count). The Morgan fingerprint density at radius 3 is 2.74 bits per heavy atom. The van der Waals surface area contributed by atoms with Crippen LogP contribution in [0.15, 0.2) is 24.3 Å². The number of hydrogen-bond donors (Lipinski definition) is 1. The van der Waals surface area contributed by atoms with Crippen molar-refractivity contribution in [2.45, 2.75) is 32.2 Å². The first kappa shape index (κ1) is 14.8. The predicted molar refractivity (Wildman–Crippen MR) is 82.7 cm³/mol. The van der Waals surface area contributed by atoms with Crippen molar-refractivity contribution in [3.63, 3.8) is 0 Å². The molecule has 0 spiro atoms. The van der Waals surface area contributed by atoms with E-state index in [9.17, 15) is 0 Å². The molecule has 0 amide bonds. The maximum Gasteiger partial charge on any atom is 0.0409 e. The fourth-order valence-corrected chi connectivity index (χ4v) is 3.00. The van der Waals surface area contributed by atoms with E-state index in [1.807, 2.05) is 19.2 Å². The molecule has 1 fully saturated rings. The fourth-order valence-electron chi connectivity index (χ4n) is 2.80. The van der Waals surface area contributed by atoms with Crippen molar-refractivity contribution >= 4 is 11.6 Å². The van der Waals surface area contributed by atoms with Gasteiger partial charge in [-0.2, -0.15) is 0 Å². The van der Waals surface area contributed by atoms with Crippen LogP contribution < -0.4 is 5.32 Å². The number of hydrogen-bond acceptors (Lipinski definition) is 2. The lowest BCUT2D eigenvalue weighted by Gasteiger charge is -2.31. The first-order valence-electron chi connectivity index (χ1n) is 7.34. The van der Waals surface area contributed by atoms with Crippen LogP contribution >= 0.6 is 11.6 Å². The van der Waals surface area contributed by atoms with Gasteiger partial charge in [0.1, 0.15) is 0 Å². The molecule has 0 aliphatic carbocycles. The normalized spacial score (nSPS) is 19.5. The Balaban J connectivity index is 1.86. The van der Waals surface area contributed by atoms with Crippen molar-refractivity contribution in [3.8, 4) is 0 Å². The summed E-state index contributed by atoms with van der Waals surface area (Å²) in [6.07, 6.45) is 3.84. The Morgan fingerprint density at radius 2 is 2.11 bits per heavy atom. The average molecular weight is 281 g/mol. The molecule has 1 aromatic rings. The number of nitrogens with zero attached hydrogens (tertiary/aromatic N) is 1. The predicted octanol–water partition coefficient (Wildman–Crippen LogP) is 3.72. The lowest BCUT2D eigenvalue weighted by molar-refractivity contribution is 0.185. The van der Waals surface area contributed by atoms with Crippen molar-refractivity contribution in [3.05, 3.63) is 34.9 Å². The van der Waals surface area contributed by atoms with Crippen molar-refractivity contribution in [2.75, 3.05) is 26.7 Å². The summed E-state index contributed by atoms with van der Waals surface area (Å²) in [5, 5.41) is 4.23. The smallest absolute Gasteiger partial charge is 0.0409 e. The van der Waals surface area contributed by atoms with E-state index in [0.717, 1.165) is 17.4 Å². The van der Waals surface area contributed by atoms with E-state index in [1.54, 1.807) is 0 Å². The van der Waals surface area contributed by atoms with Crippen LogP contribution in [0.5, 0.6) is 0 Å². The van der Waals surface area contributed by atoms with Crippen LogP contribution in [0, 0.1) is 5.92 Å². The molecule has 1 atom stereocenters. The summed E-state index contributed by atoms with van der Waals surface area (Å²) in [6, 6.07) is 8.60. The molecule has 0 bridgehead atoms. The molecule has 3 heteroatoms. The number of rotatable bonds is 5. The van der Waals surface area contributed by atoms with E-state index in [4.69, 9.17) is 11.6 Å². The number of halogens is 1. The molecule has 1 aromatic carbocycles. The van der Waals surface area contributed by atoms with Crippen LogP contribution in [0.4, 0.5) is 0 Å². The maximum absolute atomic E-state index is 6.07. The third-order valence-electron chi connectivity index (χ3n) is 4.21. The molecule has 19 heavy (non-hydrogen) atoms. The van der Waals surface area contributed by atoms with E-state index in [1.165, 1.54) is 38.0 Å². The van der Waals surface area contributed by atoms with Gasteiger partial charge in [0, 0.05) is 11.1 Å².